The fourth-order valence-corrected chi connectivity index (χ4v) is 3.56. The summed E-state index contributed by atoms with van der Waals surface area (Å²) in [5.74, 6) is 1.34. The van der Waals surface area contributed by atoms with Gasteiger partial charge in [0.15, 0.2) is 5.43 Å². The second-order valence-corrected chi connectivity index (χ2v) is 7.27. The first-order chi connectivity index (χ1) is 11.6. The number of ether oxygens (including phenoxy) is 1. The summed E-state index contributed by atoms with van der Waals surface area (Å²) in [5, 5.41) is 3.77. The molecular weight excluding hydrogens is 320 g/mol. The van der Waals surface area contributed by atoms with Crippen molar-refractivity contribution in [1.29, 1.82) is 0 Å². The molecule has 0 aliphatic carbocycles. The largest absolute Gasteiger partial charge is 0.494 e. The van der Waals surface area contributed by atoms with Crippen LogP contribution in [0.1, 0.15) is 32.2 Å². The van der Waals surface area contributed by atoms with Crippen molar-refractivity contribution in [3.8, 4) is 17.1 Å². The van der Waals surface area contributed by atoms with E-state index in [1.54, 1.807) is 17.4 Å². The van der Waals surface area contributed by atoms with Crippen LogP contribution >= 0.6 is 11.3 Å². The summed E-state index contributed by atoms with van der Waals surface area (Å²) in [4.78, 5) is 20.4. The van der Waals surface area contributed by atoms with Gasteiger partial charge in [-0.1, -0.05) is 20.8 Å². The number of aromatic amines is 1. The van der Waals surface area contributed by atoms with Crippen molar-refractivity contribution in [2.45, 2.75) is 33.6 Å². The minimum Gasteiger partial charge on any atom is -0.494 e. The highest BCUT2D eigenvalue weighted by Gasteiger charge is 2.10. The summed E-state index contributed by atoms with van der Waals surface area (Å²) >= 11 is 1.64. The first kappa shape index (κ1) is 16.7. The zero-order valence-corrected chi connectivity index (χ0v) is 15.1. The van der Waals surface area contributed by atoms with Crippen LogP contribution in [0, 0.1) is 5.92 Å². The van der Waals surface area contributed by atoms with Crippen molar-refractivity contribution < 1.29 is 4.74 Å². The standard InChI is InChI=1S/C19H22N2O2S/c1-4-7-23-13-5-6-14-15(9-13)20-16(10-18(14)22)17-11-24-19(21-17)8-12(2)3/h5-6,9-12H,4,7-8H2,1-3H3,(H,20,22). The molecule has 0 unspecified atom stereocenters. The number of benzene rings is 1. The predicted molar refractivity (Wildman–Crippen MR) is 100 cm³/mol. The number of fused-ring (bicyclic) bond motifs is 1. The Balaban J connectivity index is 1.99. The Morgan fingerprint density at radius 1 is 1.29 bits per heavy atom. The van der Waals surface area contributed by atoms with Gasteiger partial charge in [-0.15, -0.1) is 11.3 Å². The van der Waals surface area contributed by atoms with Gasteiger partial charge in [-0.3, -0.25) is 4.79 Å². The quantitative estimate of drug-likeness (QED) is 0.710. The van der Waals surface area contributed by atoms with Crippen molar-refractivity contribution in [2.75, 3.05) is 6.61 Å². The Hall–Kier alpha value is -2.14. The lowest BCUT2D eigenvalue weighted by Gasteiger charge is -2.07. The summed E-state index contributed by atoms with van der Waals surface area (Å²) in [7, 11) is 0. The topological polar surface area (TPSA) is 55.0 Å². The summed E-state index contributed by atoms with van der Waals surface area (Å²) in [5.41, 5.74) is 2.37. The lowest BCUT2D eigenvalue weighted by atomic mass is 10.1. The number of pyridine rings is 1. The maximum Gasteiger partial charge on any atom is 0.190 e. The smallest absolute Gasteiger partial charge is 0.190 e. The molecular formula is C19H22N2O2S. The molecule has 24 heavy (non-hydrogen) atoms. The highest BCUT2D eigenvalue weighted by atomic mass is 32.1. The molecule has 0 saturated heterocycles. The molecule has 0 spiro atoms. The van der Waals surface area contributed by atoms with Gasteiger partial charge in [0.1, 0.15) is 5.75 Å². The molecule has 126 valence electrons. The van der Waals surface area contributed by atoms with E-state index in [1.165, 1.54) is 0 Å². The zero-order valence-electron chi connectivity index (χ0n) is 14.3. The zero-order chi connectivity index (χ0) is 17.1. The maximum absolute atomic E-state index is 12.4. The first-order valence-electron chi connectivity index (χ1n) is 8.31. The van der Waals surface area contributed by atoms with Crippen molar-refractivity contribution >= 4 is 22.2 Å². The van der Waals surface area contributed by atoms with Crippen molar-refractivity contribution in [2.24, 2.45) is 5.92 Å². The molecule has 0 aliphatic rings. The van der Waals surface area contributed by atoms with Gasteiger partial charge in [-0.05, 0) is 24.5 Å². The van der Waals surface area contributed by atoms with E-state index in [9.17, 15) is 4.79 Å². The van der Waals surface area contributed by atoms with Crippen LogP contribution in [0.5, 0.6) is 5.75 Å². The second kappa shape index (κ2) is 7.18. The van der Waals surface area contributed by atoms with Crippen LogP contribution in [0.25, 0.3) is 22.3 Å². The third-order valence-electron chi connectivity index (χ3n) is 3.68. The number of hydrogen-bond acceptors (Lipinski definition) is 4. The average molecular weight is 342 g/mol. The lowest BCUT2D eigenvalue weighted by Crippen LogP contribution is -2.04. The summed E-state index contributed by atoms with van der Waals surface area (Å²) in [6.07, 6.45) is 1.91. The van der Waals surface area contributed by atoms with E-state index >= 15 is 0 Å². The van der Waals surface area contributed by atoms with E-state index in [2.05, 4.69) is 30.7 Å². The summed E-state index contributed by atoms with van der Waals surface area (Å²) < 4.78 is 5.66. The molecule has 1 N–H and O–H groups in total. The van der Waals surface area contributed by atoms with Crippen LogP contribution in [-0.4, -0.2) is 16.6 Å². The molecule has 0 saturated carbocycles. The van der Waals surface area contributed by atoms with E-state index in [1.807, 2.05) is 23.6 Å². The van der Waals surface area contributed by atoms with E-state index in [0.717, 1.165) is 40.5 Å². The van der Waals surface area contributed by atoms with Gasteiger partial charge in [0.25, 0.3) is 0 Å². The van der Waals surface area contributed by atoms with E-state index < -0.39 is 0 Å². The van der Waals surface area contributed by atoms with Crippen molar-refractivity contribution in [3.05, 3.63) is 44.9 Å². The van der Waals surface area contributed by atoms with Gasteiger partial charge in [0.05, 0.1) is 28.5 Å². The molecule has 2 aromatic heterocycles. The van der Waals surface area contributed by atoms with Crippen LogP contribution in [0.15, 0.2) is 34.4 Å². The predicted octanol–water partition coefficient (Wildman–Crippen LogP) is 4.64. The molecule has 3 aromatic rings. The van der Waals surface area contributed by atoms with Crippen LogP contribution < -0.4 is 10.2 Å². The molecule has 5 heteroatoms. The highest BCUT2D eigenvalue weighted by molar-refractivity contribution is 7.09. The third-order valence-corrected chi connectivity index (χ3v) is 4.56. The van der Waals surface area contributed by atoms with E-state index in [0.29, 0.717) is 17.9 Å². The molecule has 0 aliphatic heterocycles. The molecule has 3 rings (SSSR count). The molecule has 0 bridgehead atoms. The first-order valence-corrected chi connectivity index (χ1v) is 9.19. The van der Waals surface area contributed by atoms with Gasteiger partial charge in [-0.25, -0.2) is 4.98 Å². The van der Waals surface area contributed by atoms with Crippen LogP contribution in [0.3, 0.4) is 0 Å². The third kappa shape index (κ3) is 3.67. The Kier molecular flexibility index (Phi) is 5.00. The fraction of sp³-hybridized carbons (Fsp3) is 0.368. The minimum atomic E-state index is -0.000740. The Labute approximate surface area is 145 Å². The van der Waals surface area contributed by atoms with Crippen LogP contribution in [0.2, 0.25) is 0 Å². The van der Waals surface area contributed by atoms with Crippen molar-refractivity contribution in [3.63, 3.8) is 0 Å². The highest BCUT2D eigenvalue weighted by Crippen LogP contribution is 2.24. The molecule has 1 aromatic carbocycles. The van der Waals surface area contributed by atoms with Crippen LogP contribution in [-0.2, 0) is 6.42 Å². The molecule has 2 heterocycles. The monoisotopic (exact) mass is 342 g/mol. The van der Waals surface area contributed by atoms with E-state index in [-0.39, 0.29) is 5.43 Å². The summed E-state index contributed by atoms with van der Waals surface area (Å²) in [6, 6.07) is 7.17. The Morgan fingerprint density at radius 2 is 2.12 bits per heavy atom. The molecule has 0 radical (unpaired) electrons. The van der Waals surface area contributed by atoms with Gasteiger partial charge in [0, 0.05) is 29.3 Å². The molecule has 0 fully saturated rings. The van der Waals surface area contributed by atoms with Gasteiger partial charge >= 0.3 is 0 Å². The number of thiazole rings is 1. The number of hydrogen-bond donors (Lipinski definition) is 1. The molecule has 0 atom stereocenters. The Bertz CT molecular complexity index is 896. The average Bonchev–Trinajstić information content (AvgIpc) is 3.00. The summed E-state index contributed by atoms with van der Waals surface area (Å²) in [6.45, 7) is 7.09. The number of nitrogens with zero attached hydrogens (tertiary/aromatic N) is 1. The molecule has 0 amide bonds. The molecule has 4 nitrogen and oxygen atoms in total. The number of rotatable bonds is 6. The second-order valence-electron chi connectivity index (χ2n) is 6.33. The minimum absolute atomic E-state index is 0.000740. The van der Waals surface area contributed by atoms with E-state index in [4.69, 9.17) is 4.74 Å². The van der Waals surface area contributed by atoms with Gasteiger partial charge < -0.3 is 9.72 Å². The Morgan fingerprint density at radius 3 is 2.88 bits per heavy atom. The van der Waals surface area contributed by atoms with Crippen molar-refractivity contribution in [1.82, 2.24) is 9.97 Å². The normalized spacial score (nSPS) is 11.3. The number of nitrogens with one attached hydrogen (secondary N) is 1. The maximum atomic E-state index is 12.4. The number of aromatic nitrogens is 2. The number of H-pyrrole nitrogens is 1. The van der Waals surface area contributed by atoms with Gasteiger partial charge in [0.2, 0.25) is 0 Å². The fourth-order valence-electron chi connectivity index (χ4n) is 2.56. The van der Waals surface area contributed by atoms with Crippen LogP contribution in [0.4, 0.5) is 0 Å². The lowest BCUT2D eigenvalue weighted by molar-refractivity contribution is 0.318. The SMILES string of the molecule is CCCOc1ccc2c(=O)cc(-c3csc(CC(C)C)n3)[nH]c2c1. The van der Waals surface area contributed by atoms with Gasteiger partial charge in [-0.2, -0.15) is 0 Å².